The van der Waals surface area contributed by atoms with Gasteiger partial charge in [-0.2, -0.15) is 0 Å². The quantitative estimate of drug-likeness (QED) is 0.157. The van der Waals surface area contributed by atoms with Gasteiger partial charge in [0.2, 0.25) is 6.54 Å². The largest absolute Gasteiger partial charge is 0.330 e. The lowest BCUT2D eigenvalue weighted by molar-refractivity contribution is 0.294. The molecule has 0 unspecified atom stereocenters. The fourth-order valence-corrected chi connectivity index (χ4v) is 8.86. The summed E-state index contributed by atoms with van der Waals surface area (Å²) in [5, 5.41) is 10.7. The zero-order chi connectivity index (χ0) is 35.4. The first kappa shape index (κ1) is 41.9. The Labute approximate surface area is 310 Å². The first-order valence-corrected chi connectivity index (χ1v) is 20.8. The van der Waals surface area contributed by atoms with E-state index >= 15 is 0 Å². The monoisotopic (exact) mass is 745 g/mol. The summed E-state index contributed by atoms with van der Waals surface area (Å²) in [6.07, 6.45) is 14.4. The highest BCUT2D eigenvalue weighted by Crippen LogP contribution is 2.40. The Hall–Kier alpha value is -2.25. The van der Waals surface area contributed by atoms with Gasteiger partial charge in [-0.1, -0.05) is 52.4 Å². The van der Waals surface area contributed by atoms with E-state index in [4.69, 9.17) is 30.5 Å². The lowest BCUT2D eigenvalue weighted by Gasteiger charge is -2.34. The molecule has 0 aliphatic heterocycles. The normalized spacial score (nSPS) is 15.7. The molecule has 2 fully saturated rings. The molecule has 0 aromatic carbocycles. The Morgan fingerprint density at radius 2 is 1.23 bits per heavy atom. The third kappa shape index (κ3) is 13.2. The zero-order valence-electron chi connectivity index (χ0n) is 29.5. The third-order valence-electron chi connectivity index (χ3n) is 8.43. The fraction of sp³-hybridized carbons (Fsp3) is 0.611. The molecule has 2 saturated carbocycles. The van der Waals surface area contributed by atoms with Crippen LogP contribution >= 0.6 is 56.9 Å². The van der Waals surface area contributed by atoms with E-state index in [0.717, 1.165) is 45.0 Å². The molecule has 2 N–H and O–H groups in total. The van der Waals surface area contributed by atoms with Crippen LogP contribution in [0, 0.1) is 40.8 Å². The van der Waals surface area contributed by atoms with Gasteiger partial charge in [0.05, 0.1) is 42.7 Å². The van der Waals surface area contributed by atoms with Crippen LogP contribution in [-0.2, 0) is 23.3 Å². The molecule has 6 rings (SSSR count). The van der Waals surface area contributed by atoms with Crippen LogP contribution in [0.25, 0.3) is 9.69 Å². The number of thiazole rings is 4. The summed E-state index contributed by atoms with van der Waals surface area (Å²) in [7, 11) is 0. The van der Waals surface area contributed by atoms with Crippen molar-refractivity contribution in [2.45, 2.75) is 129 Å². The van der Waals surface area contributed by atoms with E-state index in [0.29, 0.717) is 19.0 Å². The Kier molecular flexibility index (Phi) is 19.6. The molecule has 12 heteroatoms. The SMILES string of the molecule is CC.Cc1nc(C2(CN)CCCCC2)cs1.Cc1ncc(CCl)s1.[C-]#[N+]CC1(c2csc(C)n2)CCCCC1.[C-]#[N+]Cc1csc(C)n1. The molecule has 2 aliphatic carbocycles. The Morgan fingerprint density at radius 3 is 1.58 bits per heavy atom. The smallest absolute Gasteiger partial charge is 0.257 e. The van der Waals surface area contributed by atoms with E-state index in [1.54, 1.807) is 45.3 Å². The fourth-order valence-electron chi connectivity index (χ4n) is 5.91. The Morgan fingerprint density at radius 1 is 0.729 bits per heavy atom. The minimum atomic E-state index is 0.0881. The predicted octanol–water partition coefficient (Wildman–Crippen LogP) is 11.3. The van der Waals surface area contributed by atoms with Crippen molar-refractivity contribution in [3.05, 3.63) is 87.2 Å². The van der Waals surface area contributed by atoms with Crippen LogP contribution in [0.2, 0.25) is 0 Å². The second-order valence-electron chi connectivity index (χ2n) is 11.9. The highest BCUT2D eigenvalue weighted by Gasteiger charge is 2.39. The van der Waals surface area contributed by atoms with Crippen molar-refractivity contribution >= 4 is 56.9 Å². The molecular weight excluding hydrogens is 694 g/mol. The molecule has 4 aromatic heterocycles. The summed E-state index contributed by atoms with van der Waals surface area (Å²) in [6, 6.07) is 0. The van der Waals surface area contributed by atoms with E-state index < -0.39 is 0 Å². The minimum Gasteiger partial charge on any atom is -0.330 e. The molecule has 0 bridgehead atoms. The van der Waals surface area contributed by atoms with Gasteiger partial charge >= 0.3 is 0 Å². The summed E-state index contributed by atoms with van der Waals surface area (Å²) in [5.74, 6) is 0.589. The van der Waals surface area contributed by atoms with Crippen LogP contribution in [0.3, 0.4) is 0 Å². The van der Waals surface area contributed by atoms with Crippen LogP contribution in [0.15, 0.2) is 22.3 Å². The van der Waals surface area contributed by atoms with Gasteiger partial charge in [-0.15, -0.1) is 56.9 Å². The van der Waals surface area contributed by atoms with Crippen molar-refractivity contribution in [2.75, 3.05) is 13.1 Å². The lowest BCUT2D eigenvalue weighted by Crippen LogP contribution is -2.37. The van der Waals surface area contributed by atoms with Gasteiger partial charge in [-0.05, 0) is 53.4 Å². The van der Waals surface area contributed by atoms with Crippen molar-refractivity contribution in [3.63, 3.8) is 0 Å². The average molecular weight is 747 g/mol. The molecule has 48 heavy (non-hydrogen) atoms. The number of hydrogen-bond donors (Lipinski definition) is 1. The molecular formula is C36H52ClN7S4. The maximum absolute atomic E-state index is 7.12. The van der Waals surface area contributed by atoms with Crippen molar-refractivity contribution in [3.8, 4) is 0 Å². The Bertz CT molecular complexity index is 1530. The summed E-state index contributed by atoms with van der Waals surface area (Å²) >= 11 is 12.2. The molecule has 0 saturated heterocycles. The summed E-state index contributed by atoms with van der Waals surface area (Å²) in [6.45, 7) is 27.5. The average Bonchev–Trinajstić information content (AvgIpc) is 3.94. The van der Waals surface area contributed by atoms with Gasteiger partial charge in [0.1, 0.15) is 5.69 Å². The van der Waals surface area contributed by atoms with Gasteiger partial charge in [-0.3, -0.25) is 0 Å². The number of nitrogens with two attached hydrogens (primary N) is 1. The molecule has 4 heterocycles. The molecule has 7 nitrogen and oxygen atoms in total. The van der Waals surface area contributed by atoms with Crippen molar-refractivity contribution < 1.29 is 0 Å². The van der Waals surface area contributed by atoms with Gasteiger partial charge < -0.3 is 15.4 Å². The lowest BCUT2D eigenvalue weighted by atomic mass is 9.72. The standard InChI is InChI=1S/C12H16N2S.C11H18N2S.C6H6N2S.C5H6ClNS.C2H6/c1-10-14-11(8-15-10)12(9-13-2)6-4-3-5-7-12;1-9-13-10(7-14-9)11(8-12)5-3-2-4-6-11;1-5-8-6(3-7-2)4-9-5;1-4-7-3-5(2-6)8-4;1-2/h8H,3-7,9H2,1H3;7H,2-6,8,12H2,1H3;4H,3H2,1H3;3H,2H2,1H3;1-2H3. The van der Waals surface area contributed by atoms with Crippen LogP contribution in [0.1, 0.15) is 120 Å². The minimum absolute atomic E-state index is 0.0881. The summed E-state index contributed by atoms with van der Waals surface area (Å²) in [5.41, 5.74) is 9.57. The second-order valence-corrected chi connectivity index (χ2v) is 16.6. The van der Waals surface area contributed by atoms with E-state index in [1.165, 1.54) is 67.8 Å². The van der Waals surface area contributed by atoms with E-state index in [1.807, 2.05) is 46.2 Å². The maximum Gasteiger partial charge on any atom is 0.257 e. The van der Waals surface area contributed by atoms with E-state index in [2.05, 4.69) is 47.3 Å². The van der Waals surface area contributed by atoms with Crippen molar-refractivity contribution in [1.82, 2.24) is 19.9 Å². The number of aryl methyl sites for hydroxylation is 4. The van der Waals surface area contributed by atoms with Crippen LogP contribution < -0.4 is 5.73 Å². The number of aromatic nitrogens is 4. The number of hydrogen-bond acceptors (Lipinski definition) is 9. The van der Waals surface area contributed by atoms with Crippen molar-refractivity contribution in [2.24, 2.45) is 5.73 Å². The molecule has 0 spiro atoms. The van der Waals surface area contributed by atoms with Crippen LogP contribution in [0.5, 0.6) is 0 Å². The van der Waals surface area contributed by atoms with E-state index in [-0.39, 0.29) is 10.8 Å². The number of nitrogens with zero attached hydrogens (tertiary/aromatic N) is 6. The van der Waals surface area contributed by atoms with Gasteiger partial charge in [0.15, 0.2) is 0 Å². The zero-order valence-corrected chi connectivity index (χ0v) is 33.5. The first-order valence-electron chi connectivity index (χ1n) is 16.8. The first-order chi connectivity index (χ1) is 23.2. The predicted molar refractivity (Wildman–Crippen MR) is 209 cm³/mol. The molecule has 4 aromatic rings. The summed E-state index contributed by atoms with van der Waals surface area (Å²) in [4.78, 5) is 25.3. The van der Waals surface area contributed by atoms with E-state index in [9.17, 15) is 0 Å². The van der Waals surface area contributed by atoms with Gasteiger partial charge in [0.25, 0.3) is 6.54 Å². The van der Waals surface area contributed by atoms with Gasteiger partial charge in [0, 0.05) is 39.2 Å². The number of alkyl halides is 1. The summed E-state index contributed by atoms with van der Waals surface area (Å²) < 4.78 is 0. The molecule has 0 radical (unpaired) electrons. The van der Waals surface area contributed by atoms with Crippen molar-refractivity contribution in [1.29, 1.82) is 0 Å². The van der Waals surface area contributed by atoms with Crippen LogP contribution in [0.4, 0.5) is 0 Å². The third-order valence-corrected chi connectivity index (χ3v) is 12.2. The maximum atomic E-state index is 7.12. The molecule has 0 amide bonds. The number of halogens is 1. The molecule has 2 aliphatic rings. The highest BCUT2D eigenvalue weighted by molar-refractivity contribution is 7.11. The van der Waals surface area contributed by atoms with Gasteiger partial charge in [-0.25, -0.2) is 33.1 Å². The highest BCUT2D eigenvalue weighted by atomic mass is 35.5. The second kappa shape index (κ2) is 22.5. The molecule has 262 valence electrons. The number of rotatable bonds is 6. The molecule has 0 atom stereocenters. The topological polar surface area (TPSA) is 86.3 Å². The van der Waals surface area contributed by atoms with Crippen LogP contribution in [-0.4, -0.2) is 33.0 Å². The Balaban J connectivity index is 0.000000225.